The largest absolute Gasteiger partial charge is 0.356 e. The molecule has 0 radical (unpaired) electrons. The minimum Gasteiger partial charge on any atom is -0.356 e. The molecular formula is C12H22N4O. The number of hydrogen-bond donors (Lipinski definition) is 2. The van der Waals surface area contributed by atoms with Gasteiger partial charge in [0.05, 0.1) is 6.20 Å². The molecule has 0 atom stereocenters. The number of amides is 1. The van der Waals surface area contributed by atoms with Gasteiger partial charge >= 0.3 is 0 Å². The SMILES string of the molecule is CC(C)NCCC(=O)NCCc1cnn(C)c1. The average molecular weight is 238 g/mol. The molecule has 0 saturated carbocycles. The topological polar surface area (TPSA) is 59.0 Å². The fraction of sp³-hybridized carbons (Fsp3) is 0.667. The zero-order valence-electron chi connectivity index (χ0n) is 10.9. The van der Waals surface area contributed by atoms with Gasteiger partial charge in [0.25, 0.3) is 0 Å². The molecule has 0 fully saturated rings. The standard InChI is InChI=1S/C12H22N4O/c1-10(2)13-7-5-12(17)14-6-4-11-8-15-16(3)9-11/h8-10,13H,4-7H2,1-3H3,(H,14,17). The molecule has 17 heavy (non-hydrogen) atoms. The molecule has 1 amide bonds. The van der Waals surface area contributed by atoms with E-state index in [9.17, 15) is 4.79 Å². The molecule has 1 aromatic heterocycles. The quantitative estimate of drug-likeness (QED) is 0.726. The van der Waals surface area contributed by atoms with E-state index in [-0.39, 0.29) is 5.91 Å². The highest BCUT2D eigenvalue weighted by Gasteiger charge is 2.02. The van der Waals surface area contributed by atoms with Crippen molar-refractivity contribution in [2.24, 2.45) is 7.05 Å². The van der Waals surface area contributed by atoms with Crippen molar-refractivity contribution in [3.8, 4) is 0 Å². The first-order chi connectivity index (χ1) is 8.08. The molecule has 0 unspecified atom stereocenters. The second kappa shape index (κ2) is 7.06. The van der Waals surface area contributed by atoms with Crippen molar-refractivity contribution >= 4 is 5.91 Å². The van der Waals surface area contributed by atoms with Gasteiger partial charge < -0.3 is 10.6 Å². The zero-order valence-corrected chi connectivity index (χ0v) is 10.9. The Morgan fingerprint density at radius 2 is 2.24 bits per heavy atom. The Morgan fingerprint density at radius 1 is 1.47 bits per heavy atom. The van der Waals surface area contributed by atoms with Crippen LogP contribution in [0.25, 0.3) is 0 Å². The van der Waals surface area contributed by atoms with Crippen LogP contribution in [0, 0.1) is 0 Å². The Balaban J connectivity index is 2.08. The molecule has 96 valence electrons. The van der Waals surface area contributed by atoms with E-state index in [4.69, 9.17) is 0 Å². The van der Waals surface area contributed by atoms with E-state index in [1.165, 1.54) is 0 Å². The molecule has 5 heteroatoms. The summed E-state index contributed by atoms with van der Waals surface area (Å²) in [7, 11) is 1.89. The van der Waals surface area contributed by atoms with Crippen molar-refractivity contribution in [3.63, 3.8) is 0 Å². The fourth-order valence-electron chi connectivity index (χ4n) is 1.51. The molecule has 0 aliphatic rings. The molecule has 1 aromatic rings. The van der Waals surface area contributed by atoms with E-state index >= 15 is 0 Å². The lowest BCUT2D eigenvalue weighted by Gasteiger charge is -2.08. The van der Waals surface area contributed by atoms with Crippen molar-refractivity contribution in [2.45, 2.75) is 32.7 Å². The van der Waals surface area contributed by atoms with Crippen LogP contribution >= 0.6 is 0 Å². The van der Waals surface area contributed by atoms with E-state index in [0.29, 0.717) is 19.0 Å². The number of nitrogens with zero attached hydrogens (tertiary/aromatic N) is 2. The number of aromatic nitrogens is 2. The molecule has 0 saturated heterocycles. The van der Waals surface area contributed by atoms with Crippen molar-refractivity contribution < 1.29 is 4.79 Å². The van der Waals surface area contributed by atoms with Crippen molar-refractivity contribution in [1.82, 2.24) is 20.4 Å². The first-order valence-electron chi connectivity index (χ1n) is 6.05. The van der Waals surface area contributed by atoms with Gasteiger partial charge in [-0.15, -0.1) is 0 Å². The molecule has 0 aromatic carbocycles. The normalized spacial score (nSPS) is 10.8. The average Bonchev–Trinajstić information content (AvgIpc) is 2.63. The second-order valence-electron chi connectivity index (χ2n) is 4.48. The van der Waals surface area contributed by atoms with Gasteiger partial charge in [0, 0.05) is 38.8 Å². The van der Waals surface area contributed by atoms with E-state index in [1.807, 2.05) is 19.4 Å². The predicted molar refractivity (Wildman–Crippen MR) is 67.7 cm³/mol. The Kier molecular flexibility index (Phi) is 5.69. The van der Waals surface area contributed by atoms with Gasteiger partial charge in [0.15, 0.2) is 0 Å². The summed E-state index contributed by atoms with van der Waals surface area (Å²) in [5.74, 6) is 0.0991. The lowest BCUT2D eigenvalue weighted by molar-refractivity contribution is -0.120. The number of carbonyl (C=O) groups is 1. The number of rotatable bonds is 7. The Morgan fingerprint density at radius 3 is 2.82 bits per heavy atom. The van der Waals surface area contributed by atoms with Crippen LogP contribution in [0.5, 0.6) is 0 Å². The summed E-state index contributed by atoms with van der Waals surface area (Å²) < 4.78 is 1.77. The summed E-state index contributed by atoms with van der Waals surface area (Å²) in [6.07, 6.45) is 5.15. The first kappa shape index (κ1) is 13.7. The summed E-state index contributed by atoms with van der Waals surface area (Å²) in [6.45, 7) is 5.54. The van der Waals surface area contributed by atoms with E-state index in [0.717, 1.165) is 18.5 Å². The maximum Gasteiger partial charge on any atom is 0.221 e. The van der Waals surface area contributed by atoms with Gasteiger partial charge in [-0.2, -0.15) is 5.10 Å². The van der Waals surface area contributed by atoms with Gasteiger partial charge in [-0.05, 0) is 12.0 Å². The number of aryl methyl sites for hydroxylation is 1. The molecule has 0 aliphatic heterocycles. The highest BCUT2D eigenvalue weighted by atomic mass is 16.1. The Labute approximate surface area is 103 Å². The summed E-state index contributed by atoms with van der Waals surface area (Å²) in [6, 6.07) is 0.429. The Bertz CT molecular complexity index is 346. The molecule has 0 spiro atoms. The zero-order chi connectivity index (χ0) is 12.7. The van der Waals surface area contributed by atoms with Gasteiger partial charge in [-0.25, -0.2) is 0 Å². The summed E-state index contributed by atoms with van der Waals surface area (Å²) in [5, 5.41) is 10.2. The van der Waals surface area contributed by atoms with Crippen LogP contribution in [0.2, 0.25) is 0 Å². The molecule has 0 bridgehead atoms. The van der Waals surface area contributed by atoms with Crippen molar-refractivity contribution in [3.05, 3.63) is 18.0 Å². The molecule has 0 aliphatic carbocycles. The minimum absolute atomic E-state index is 0.0991. The van der Waals surface area contributed by atoms with Crippen LogP contribution in [-0.2, 0) is 18.3 Å². The van der Waals surface area contributed by atoms with E-state index < -0.39 is 0 Å². The van der Waals surface area contributed by atoms with Crippen molar-refractivity contribution in [2.75, 3.05) is 13.1 Å². The van der Waals surface area contributed by atoms with Crippen LogP contribution in [0.15, 0.2) is 12.4 Å². The lowest BCUT2D eigenvalue weighted by atomic mass is 10.2. The summed E-state index contributed by atoms with van der Waals surface area (Å²) >= 11 is 0. The van der Waals surface area contributed by atoms with Crippen LogP contribution < -0.4 is 10.6 Å². The smallest absolute Gasteiger partial charge is 0.221 e. The third kappa shape index (κ3) is 6.06. The Hall–Kier alpha value is -1.36. The van der Waals surface area contributed by atoms with Crippen LogP contribution in [0.4, 0.5) is 0 Å². The van der Waals surface area contributed by atoms with Gasteiger partial charge in [0.2, 0.25) is 5.91 Å². The number of nitrogens with one attached hydrogen (secondary N) is 2. The monoisotopic (exact) mass is 238 g/mol. The molecule has 1 heterocycles. The van der Waals surface area contributed by atoms with Crippen LogP contribution in [0.3, 0.4) is 0 Å². The maximum absolute atomic E-state index is 11.4. The van der Waals surface area contributed by atoms with Crippen LogP contribution in [-0.4, -0.2) is 34.8 Å². The van der Waals surface area contributed by atoms with Gasteiger partial charge in [0.1, 0.15) is 0 Å². The molecule has 1 rings (SSSR count). The summed E-state index contributed by atoms with van der Waals surface area (Å²) in [5.41, 5.74) is 1.15. The van der Waals surface area contributed by atoms with Crippen LogP contribution in [0.1, 0.15) is 25.8 Å². The third-order valence-electron chi connectivity index (χ3n) is 2.40. The van der Waals surface area contributed by atoms with E-state index in [2.05, 4.69) is 29.6 Å². The molecule has 5 nitrogen and oxygen atoms in total. The van der Waals surface area contributed by atoms with E-state index in [1.54, 1.807) is 4.68 Å². The minimum atomic E-state index is 0.0991. The summed E-state index contributed by atoms with van der Waals surface area (Å²) in [4.78, 5) is 11.4. The highest BCUT2D eigenvalue weighted by molar-refractivity contribution is 5.76. The third-order valence-corrected chi connectivity index (χ3v) is 2.40. The second-order valence-corrected chi connectivity index (χ2v) is 4.48. The maximum atomic E-state index is 11.4. The molecule has 2 N–H and O–H groups in total. The number of hydrogen-bond acceptors (Lipinski definition) is 3. The first-order valence-corrected chi connectivity index (χ1v) is 6.05. The molecular weight excluding hydrogens is 216 g/mol. The predicted octanol–water partition coefficient (Wildman–Crippen LogP) is 0.467. The van der Waals surface area contributed by atoms with Gasteiger partial charge in [-0.3, -0.25) is 9.48 Å². The fourth-order valence-corrected chi connectivity index (χ4v) is 1.51. The van der Waals surface area contributed by atoms with Gasteiger partial charge in [-0.1, -0.05) is 13.8 Å². The number of carbonyl (C=O) groups excluding carboxylic acids is 1. The van der Waals surface area contributed by atoms with Crippen molar-refractivity contribution in [1.29, 1.82) is 0 Å². The highest BCUT2D eigenvalue weighted by Crippen LogP contribution is 1.96. The lowest BCUT2D eigenvalue weighted by Crippen LogP contribution is -2.31.